The van der Waals surface area contributed by atoms with Crippen molar-refractivity contribution in [3.8, 4) is 15.5 Å². The summed E-state index contributed by atoms with van der Waals surface area (Å²) in [7, 11) is 0. The van der Waals surface area contributed by atoms with E-state index in [1.807, 2.05) is 37.3 Å². The summed E-state index contributed by atoms with van der Waals surface area (Å²) in [6, 6.07) is 22.1. The zero-order valence-electron chi connectivity index (χ0n) is 19.0. The second kappa shape index (κ2) is 10.2. The van der Waals surface area contributed by atoms with E-state index in [2.05, 4.69) is 0 Å². The number of thiophene rings is 1. The number of hydrogen-bond acceptors (Lipinski definition) is 4. The van der Waals surface area contributed by atoms with Gasteiger partial charge in [-0.15, -0.1) is 0 Å². The highest BCUT2D eigenvalue weighted by Crippen LogP contribution is 2.44. The van der Waals surface area contributed by atoms with Crippen LogP contribution in [0.3, 0.4) is 0 Å². The first-order valence-electron chi connectivity index (χ1n) is 10.8. The number of carbonyl (C=O) groups excluding carboxylic acids is 1. The van der Waals surface area contributed by atoms with Gasteiger partial charge in [-0.25, -0.2) is 4.79 Å². The predicted octanol–water partition coefficient (Wildman–Crippen LogP) is 7.65. The van der Waals surface area contributed by atoms with E-state index in [0.717, 1.165) is 34.6 Å². The number of aryl methyl sites for hydroxylation is 1. The van der Waals surface area contributed by atoms with Crippen LogP contribution >= 0.6 is 11.3 Å². The number of hydrogen-bond donors (Lipinski definition) is 1. The van der Waals surface area contributed by atoms with Crippen LogP contribution in [0.25, 0.3) is 10.4 Å². The van der Waals surface area contributed by atoms with Gasteiger partial charge in [0.1, 0.15) is 0 Å². The van der Waals surface area contributed by atoms with Gasteiger partial charge in [0.15, 0.2) is 0 Å². The molecule has 0 fully saturated rings. The van der Waals surface area contributed by atoms with Gasteiger partial charge in [-0.1, -0.05) is 71.5 Å². The first-order valence-corrected chi connectivity index (χ1v) is 11.6. The molecule has 0 spiro atoms. The van der Waals surface area contributed by atoms with E-state index in [4.69, 9.17) is 4.74 Å². The fourth-order valence-electron chi connectivity index (χ4n) is 3.60. The summed E-state index contributed by atoms with van der Waals surface area (Å²) in [5.41, 5.74) is 1.50. The maximum Gasteiger partial charge on any atom is 0.512 e. The third kappa shape index (κ3) is 5.75. The fourth-order valence-corrected chi connectivity index (χ4v) is 4.61. The lowest BCUT2D eigenvalue weighted by Gasteiger charge is -2.23. The van der Waals surface area contributed by atoms with Gasteiger partial charge in [-0.3, -0.25) is 9.69 Å². The molecule has 1 aromatic heterocycles. The molecule has 0 saturated heterocycles. The second-order valence-corrected chi connectivity index (χ2v) is 8.99. The van der Waals surface area contributed by atoms with Crippen LogP contribution in [0, 0.1) is 6.92 Å². The molecule has 5 nitrogen and oxygen atoms in total. The van der Waals surface area contributed by atoms with Crippen molar-refractivity contribution in [2.24, 2.45) is 0 Å². The lowest BCUT2D eigenvalue weighted by atomic mass is 10.1. The van der Waals surface area contributed by atoms with Crippen molar-refractivity contribution < 1.29 is 32.6 Å². The van der Waals surface area contributed by atoms with Crippen molar-refractivity contribution in [3.63, 3.8) is 0 Å². The molecule has 1 N–H and O–H groups in total. The van der Waals surface area contributed by atoms with Gasteiger partial charge in [-0.05, 0) is 48.4 Å². The molecule has 0 radical (unpaired) electrons. The highest BCUT2D eigenvalue weighted by Gasteiger charge is 2.31. The van der Waals surface area contributed by atoms with Crippen molar-refractivity contribution in [1.82, 2.24) is 0 Å². The quantitative estimate of drug-likeness (QED) is 0.270. The standard InChI is InChI=1S/C27H20F3NO4S/c1-17-10-12-20(13-11-17)24(32)31(16-18-6-5-9-21(14-18)27(28,29)30)22-15-23(19-7-3-2-4-8-19)36-25(22)35-26(33)34/h2-15H,16H2,1H3,(H,33,34). The van der Waals surface area contributed by atoms with Crippen molar-refractivity contribution in [1.29, 1.82) is 0 Å². The number of nitrogens with zero attached hydrogens (tertiary/aromatic N) is 1. The first kappa shape index (κ1) is 25.0. The molecular weight excluding hydrogens is 491 g/mol. The number of carboxylic acid groups (broad SMARTS) is 1. The molecule has 0 unspecified atom stereocenters. The van der Waals surface area contributed by atoms with E-state index in [1.54, 1.807) is 30.3 Å². The Bertz CT molecular complexity index is 1380. The molecule has 3 aromatic carbocycles. The number of alkyl halides is 3. The van der Waals surface area contributed by atoms with E-state index in [1.165, 1.54) is 17.0 Å². The third-order valence-electron chi connectivity index (χ3n) is 5.35. The Kier molecular flexibility index (Phi) is 7.12. The lowest BCUT2D eigenvalue weighted by Crippen LogP contribution is -2.30. The van der Waals surface area contributed by atoms with E-state index in [-0.39, 0.29) is 22.9 Å². The summed E-state index contributed by atoms with van der Waals surface area (Å²) in [6.45, 7) is 1.62. The molecule has 0 aliphatic carbocycles. The Balaban J connectivity index is 1.83. The highest BCUT2D eigenvalue weighted by molar-refractivity contribution is 7.18. The average molecular weight is 512 g/mol. The van der Waals surface area contributed by atoms with Crippen molar-refractivity contribution in [2.75, 3.05) is 4.90 Å². The van der Waals surface area contributed by atoms with Gasteiger partial charge < -0.3 is 9.84 Å². The number of halogens is 3. The van der Waals surface area contributed by atoms with Crippen LogP contribution in [0.2, 0.25) is 0 Å². The summed E-state index contributed by atoms with van der Waals surface area (Å²) in [5, 5.41) is 9.25. The highest BCUT2D eigenvalue weighted by atomic mass is 32.1. The summed E-state index contributed by atoms with van der Waals surface area (Å²) < 4.78 is 45.0. The molecule has 1 amide bonds. The Labute approximate surface area is 209 Å². The molecule has 4 aromatic rings. The molecular formula is C27H20F3NO4S. The number of benzene rings is 3. The first-order chi connectivity index (χ1) is 17.1. The summed E-state index contributed by atoms with van der Waals surface area (Å²) >= 11 is 1.03. The summed E-state index contributed by atoms with van der Waals surface area (Å²) in [4.78, 5) is 26.9. The van der Waals surface area contributed by atoms with Gasteiger partial charge in [0.05, 0.1) is 17.8 Å². The number of rotatable bonds is 6. The predicted molar refractivity (Wildman–Crippen MR) is 132 cm³/mol. The smallest absolute Gasteiger partial charge is 0.449 e. The summed E-state index contributed by atoms with van der Waals surface area (Å²) in [6.07, 6.45) is -6.12. The van der Waals surface area contributed by atoms with Crippen molar-refractivity contribution >= 4 is 29.1 Å². The van der Waals surface area contributed by atoms with Crippen LogP contribution in [0.15, 0.2) is 84.9 Å². The molecule has 1 heterocycles. The average Bonchev–Trinajstić information content (AvgIpc) is 3.25. The van der Waals surface area contributed by atoms with Crippen LogP contribution in [-0.2, 0) is 12.7 Å². The molecule has 184 valence electrons. The largest absolute Gasteiger partial charge is 0.512 e. The van der Waals surface area contributed by atoms with Crippen molar-refractivity contribution in [3.05, 3.63) is 107 Å². The van der Waals surface area contributed by atoms with Crippen LogP contribution in [0.5, 0.6) is 5.06 Å². The zero-order chi connectivity index (χ0) is 25.9. The summed E-state index contributed by atoms with van der Waals surface area (Å²) in [5.74, 6) is -0.514. The molecule has 0 bridgehead atoms. The Morgan fingerprint density at radius 1 is 0.944 bits per heavy atom. The van der Waals surface area contributed by atoms with E-state index in [0.29, 0.717) is 10.4 Å². The van der Waals surface area contributed by atoms with Crippen LogP contribution in [-0.4, -0.2) is 17.2 Å². The second-order valence-electron chi connectivity index (χ2n) is 7.97. The maximum absolute atomic E-state index is 13.6. The van der Waals surface area contributed by atoms with E-state index < -0.39 is 23.8 Å². The van der Waals surface area contributed by atoms with Gasteiger partial charge >= 0.3 is 12.3 Å². The molecule has 0 aliphatic heterocycles. The van der Waals surface area contributed by atoms with Gasteiger partial charge in [0.2, 0.25) is 5.06 Å². The van der Waals surface area contributed by atoms with Gasteiger partial charge in [0, 0.05) is 10.4 Å². The molecule has 4 rings (SSSR count). The third-order valence-corrected chi connectivity index (χ3v) is 6.40. The number of carbonyl (C=O) groups is 2. The van der Waals surface area contributed by atoms with Crippen molar-refractivity contribution in [2.45, 2.75) is 19.6 Å². The van der Waals surface area contributed by atoms with Crippen LogP contribution < -0.4 is 9.64 Å². The van der Waals surface area contributed by atoms with E-state index >= 15 is 0 Å². The normalized spacial score (nSPS) is 11.2. The minimum atomic E-state index is -4.55. The molecule has 0 aliphatic rings. The molecule has 36 heavy (non-hydrogen) atoms. The number of ether oxygens (including phenoxy) is 1. The van der Waals surface area contributed by atoms with Crippen LogP contribution in [0.1, 0.15) is 27.0 Å². The monoisotopic (exact) mass is 511 g/mol. The molecule has 0 saturated carbocycles. The maximum atomic E-state index is 13.6. The Hall–Kier alpha value is -4.11. The minimum absolute atomic E-state index is 0.0613. The minimum Gasteiger partial charge on any atom is -0.449 e. The Morgan fingerprint density at radius 3 is 2.28 bits per heavy atom. The van der Waals surface area contributed by atoms with E-state index in [9.17, 15) is 27.9 Å². The topological polar surface area (TPSA) is 66.8 Å². The van der Waals surface area contributed by atoms with Crippen LogP contribution in [0.4, 0.5) is 23.7 Å². The number of amides is 1. The lowest BCUT2D eigenvalue weighted by molar-refractivity contribution is -0.137. The zero-order valence-corrected chi connectivity index (χ0v) is 19.8. The number of anilines is 1. The Morgan fingerprint density at radius 2 is 1.64 bits per heavy atom. The van der Waals surface area contributed by atoms with Gasteiger partial charge in [-0.2, -0.15) is 13.2 Å². The SMILES string of the molecule is Cc1ccc(C(=O)N(Cc2cccc(C(F)(F)F)c2)c2cc(-c3ccccc3)sc2OC(=O)O)cc1. The molecule has 9 heteroatoms. The molecule has 0 atom stereocenters. The van der Waals surface area contributed by atoms with Gasteiger partial charge in [0.25, 0.3) is 5.91 Å². The fraction of sp³-hybridized carbons (Fsp3) is 0.111.